The van der Waals surface area contributed by atoms with Crippen LogP contribution in [0.3, 0.4) is 0 Å². The zero-order valence-corrected chi connectivity index (χ0v) is 15.0. The predicted molar refractivity (Wildman–Crippen MR) is 94.7 cm³/mol. The average molecular weight is 372 g/mol. The van der Waals surface area contributed by atoms with Crippen LogP contribution in [0.4, 0.5) is 0 Å². The molecule has 0 spiro atoms. The Labute approximate surface area is 141 Å². The zero-order chi connectivity index (χ0) is 16.0. The van der Waals surface area contributed by atoms with Crippen LogP contribution in [0, 0.1) is 0 Å². The summed E-state index contributed by atoms with van der Waals surface area (Å²) in [6, 6.07) is 7.81. The number of nitrogens with zero attached hydrogens (tertiary/aromatic N) is 1. The number of benzene rings is 1. The summed E-state index contributed by atoms with van der Waals surface area (Å²) in [5, 5.41) is 6.50. The van der Waals surface area contributed by atoms with Gasteiger partial charge < -0.3 is 20.1 Å². The van der Waals surface area contributed by atoms with E-state index in [2.05, 4.69) is 31.6 Å². The fourth-order valence-electron chi connectivity index (χ4n) is 1.77. The smallest absolute Gasteiger partial charge is 0.191 e. The third-order valence-corrected chi connectivity index (χ3v) is 3.44. The van der Waals surface area contributed by atoms with Gasteiger partial charge in [0.15, 0.2) is 5.96 Å². The van der Waals surface area contributed by atoms with E-state index in [-0.39, 0.29) is 0 Å². The van der Waals surface area contributed by atoms with Gasteiger partial charge in [-0.1, -0.05) is 15.9 Å². The van der Waals surface area contributed by atoms with E-state index in [0.29, 0.717) is 13.2 Å². The molecule has 0 aromatic heterocycles. The van der Waals surface area contributed by atoms with Crippen molar-refractivity contribution < 1.29 is 9.47 Å². The molecule has 0 bridgehead atoms. The molecule has 0 aliphatic rings. The van der Waals surface area contributed by atoms with Crippen molar-refractivity contribution in [1.29, 1.82) is 0 Å². The van der Waals surface area contributed by atoms with Gasteiger partial charge >= 0.3 is 0 Å². The lowest BCUT2D eigenvalue weighted by Crippen LogP contribution is -2.39. The average Bonchev–Trinajstić information content (AvgIpc) is 2.54. The quantitative estimate of drug-likeness (QED) is 0.377. The Morgan fingerprint density at radius 1 is 1.09 bits per heavy atom. The Kier molecular flexibility index (Phi) is 10.5. The number of hydrogen-bond donors (Lipinski definition) is 2. The number of unbranched alkanes of at least 4 members (excludes halogenated alkanes) is 1. The van der Waals surface area contributed by atoms with E-state index < -0.39 is 0 Å². The maximum atomic E-state index is 5.64. The number of guanidine groups is 1. The van der Waals surface area contributed by atoms with Gasteiger partial charge in [-0.2, -0.15) is 0 Å². The van der Waals surface area contributed by atoms with E-state index in [0.717, 1.165) is 48.8 Å². The second kappa shape index (κ2) is 12.3. The van der Waals surface area contributed by atoms with Crippen LogP contribution in [0.15, 0.2) is 33.7 Å². The van der Waals surface area contributed by atoms with Crippen molar-refractivity contribution in [1.82, 2.24) is 10.6 Å². The Morgan fingerprint density at radius 3 is 2.50 bits per heavy atom. The van der Waals surface area contributed by atoms with Crippen LogP contribution in [-0.2, 0) is 4.74 Å². The SMILES string of the molecule is CCOCCCCNC(=NC)NCCOc1ccc(Br)cc1. The third kappa shape index (κ3) is 8.89. The van der Waals surface area contributed by atoms with E-state index in [4.69, 9.17) is 9.47 Å². The van der Waals surface area contributed by atoms with Gasteiger partial charge in [-0.15, -0.1) is 0 Å². The van der Waals surface area contributed by atoms with E-state index in [9.17, 15) is 0 Å². The number of ether oxygens (including phenoxy) is 2. The Balaban J connectivity index is 2.07. The minimum absolute atomic E-state index is 0.590. The second-order valence-corrected chi connectivity index (χ2v) is 5.55. The molecule has 0 radical (unpaired) electrons. The molecular weight excluding hydrogens is 346 g/mol. The molecule has 0 fully saturated rings. The van der Waals surface area contributed by atoms with Crippen LogP contribution in [0.25, 0.3) is 0 Å². The van der Waals surface area contributed by atoms with Crippen LogP contribution >= 0.6 is 15.9 Å². The Morgan fingerprint density at radius 2 is 1.82 bits per heavy atom. The van der Waals surface area contributed by atoms with E-state index in [1.54, 1.807) is 7.05 Å². The highest BCUT2D eigenvalue weighted by atomic mass is 79.9. The third-order valence-electron chi connectivity index (χ3n) is 2.91. The second-order valence-electron chi connectivity index (χ2n) is 4.63. The normalized spacial score (nSPS) is 11.3. The van der Waals surface area contributed by atoms with Crippen LogP contribution in [0.5, 0.6) is 5.75 Å². The van der Waals surface area contributed by atoms with Crippen LogP contribution < -0.4 is 15.4 Å². The van der Waals surface area contributed by atoms with E-state index in [1.807, 2.05) is 31.2 Å². The van der Waals surface area contributed by atoms with E-state index >= 15 is 0 Å². The topological polar surface area (TPSA) is 54.9 Å². The first-order valence-electron chi connectivity index (χ1n) is 7.67. The molecule has 124 valence electrons. The van der Waals surface area contributed by atoms with Crippen molar-refractivity contribution in [3.05, 3.63) is 28.7 Å². The molecule has 0 atom stereocenters. The zero-order valence-electron chi connectivity index (χ0n) is 13.4. The van der Waals surface area contributed by atoms with Gasteiger partial charge in [0, 0.05) is 31.3 Å². The van der Waals surface area contributed by atoms with Gasteiger partial charge in [0.25, 0.3) is 0 Å². The molecule has 0 saturated heterocycles. The number of halogens is 1. The summed E-state index contributed by atoms with van der Waals surface area (Å²) in [7, 11) is 1.77. The van der Waals surface area contributed by atoms with Crippen molar-refractivity contribution in [3.8, 4) is 5.75 Å². The predicted octanol–water partition coefficient (Wildman–Crippen LogP) is 2.81. The van der Waals surface area contributed by atoms with Crippen LogP contribution in [-0.4, -0.2) is 45.9 Å². The fraction of sp³-hybridized carbons (Fsp3) is 0.562. The van der Waals surface area contributed by atoms with Gasteiger partial charge in [0.1, 0.15) is 12.4 Å². The Bertz CT molecular complexity index is 424. The largest absolute Gasteiger partial charge is 0.492 e. The number of hydrogen-bond acceptors (Lipinski definition) is 3. The Hall–Kier alpha value is -1.27. The van der Waals surface area contributed by atoms with Gasteiger partial charge in [-0.3, -0.25) is 4.99 Å². The highest BCUT2D eigenvalue weighted by Gasteiger charge is 1.98. The van der Waals surface area contributed by atoms with Crippen LogP contribution in [0.2, 0.25) is 0 Å². The maximum Gasteiger partial charge on any atom is 0.191 e. The fourth-order valence-corrected chi connectivity index (χ4v) is 2.03. The first-order valence-corrected chi connectivity index (χ1v) is 8.46. The molecule has 1 rings (SSSR count). The molecule has 0 amide bonds. The summed E-state index contributed by atoms with van der Waals surface area (Å²) in [6.45, 7) is 5.81. The summed E-state index contributed by atoms with van der Waals surface area (Å²) in [4.78, 5) is 4.18. The molecule has 1 aromatic carbocycles. The first kappa shape index (κ1) is 18.8. The molecule has 5 nitrogen and oxygen atoms in total. The lowest BCUT2D eigenvalue weighted by Gasteiger charge is -2.12. The number of nitrogens with one attached hydrogen (secondary N) is 2. The van der Waals surface area contributed by atoms with Crippen molar-refractivity contribution in [2.45, 2.75) is 19.8 Å². The summed E-state index contributed by atoms with van der Waals surface area (Å²) >= 11 is 3.40. The van der Waals surface area contributed by atoms with Crippen molar-refractivity contribution in [3.63, 3.8) is 0 Å². The molecule has 0 unspecified atom stereocenters. The van der Waals surface area contributed by atoms with Crippen LogP contribution in [0.1, 0.15) is 19.8 Å². The monoisotopic (exact) mass is 371 g/mol. The number of aliphatic imine (C=N–C) groups is 1. The van der Waals surface area contributed by atoms with Crippen molar-refractivity contribution in [2.75, 3.05) is 40.0 Å². The minimum Gasteiger partial charge on any atom is -0.492 e. The summed E-state index contributed by atoms with van der Waals surface area (Å²) in [5.41, 5.74) is 0. The molecule has 1 aromatic rings. The lowest BCUT2D eigenvalue weighted by molar-refractivity contribution is 0.143. The van der Waals surface area contributed by atoms with Crippen molar-refractivity contribution >= 4 is 21.9 Å². The summed E-state index contributed by atoms with van der Waals surface area (Å²) in [6.07, 6.45) is 2.13. The van der Waals surface area contributed by atoms with Gasteiger partial charge in [0.05, 0.1) is 6.54 Å². The van der Waals surface area contributed by atoms with Gasteiger partial charge in [0.2, 0.25) is 0 Å². The molecule has 6 heteroatoms. The highest BCUT2D eigenvalue weighted by Crippen LogP contribution is 2.15. The lowest BCUT2D eigenvalue weighted by atomic mass is 10.3. The highest BCUT2D eigenvalue weighted by molar-refractivity contribution is 9.10. The molecule has 0 saturated carbocycles. The standard InChI is InChI=1S/C16H26BrN3O2/c1-3-21-12-5-4-10-19-16(18-2)20-11-13-22-15-8-6-14(17)7-9-15/h6-9H,3-5,10-13H2,1-2H3,(H2,18,19,20). The number of rotatable bonds is 10. The first-order chi connectivity index (χ1) is 10.8. The van der Waals surface area contributed by atoms with Gasteiger partial charge in [-0.25, -0.2) is 0 Å². The molecule has 0 aliphatic carbocycles. The summed E-state index contributed by atoms with van der Waals surface area (Å²) < 4.78 is 12.0. The van der Waals surface area contributed by atoms with Gasteiger partial charge in [-0.05, 0) is 44.0 Å². The summed E-state index contributed by atoms with van der Waals surface area (Å²) in [5.74, 6) is 1.67. The minimum atomic E-state index is 0.590. The molecule has 0 aliphatic heterocycles. The molecule has 0 heterocycles. The molecule has 2 N–H and O–H groups in total. The van der Waals surface area contributed by atoms with Crippen molar-refractivity contribution in [2.24, 2.45) is 4.99 Å². The molecular formula is C16H26BrN3O2. The molecule has 22 heavy (non-hydrogen) atoms. The van der Waals surface area contributed by atoms with E-state index in [1.165, 1.54) is 0 Å². The maximum absolute atomic E-state index is 5.64.